The molecule has 3 rings (SSSR count). The molecule has 0 fully saturated rings. The van der Waals surface area contributed by atoms with E-state index in [0.717, 1.165) is 17.8 Å². The highest BCUT2D eigenvalue weighted by Gasteiger charge is 2.05. The quantitative estimate of drug-likeness (QED) is 0.764. The number of aryl methyl sites for hydroxylation is 1. The lowest BCUT2D eigenvalue weighted by atomic mass is 10.1. The van der Waals surface area contributed by atoms with Crippen molar-refractivity contribution >= 4 is 22.2 Å². The number of hydrogen-bond donors (Lipinski definition) is 1. The SMILES string of the molecule is Cc1ccc2cc(CN[C@@H](C)c3cccs3)ccc2n1. The Labute approximate surface area is 123 Å². The van der Waals surface area contributed by atoms with E-state index >= 15 is 0 Å². The third kappa shape index (κ3) is 2.89. The van der Waals surface area contributed by atoms with Gasteiger partial charge in [-0.05, 0) is 49.1 Å². The molecule has 1 atom stereocenters. The Kier molecular flexibility index (Phi) is 3.81. The lowest BCUT2D eigenvalue weighted by Gasteiger charge is -2.12. The van der Waals surface area contributed by atoms with Crippen LogP contribution >= 0.6 is 11.3 Å². The van der Waals surface area contributed by atoms with E-state index in [0.29, 0.717) is 6.04 Å². The van der Waals surface area contributed by atoms with Crippen LogP contribution in [0.3, 0.4) is 0 Å². The van der Waals surface area contributed by atoms with Crippen molar-refractivity contribution in [3.8, 4) is 0 Å². The predicted octanol–water partition coefficient (Wildman–Crippen LogP) is 4.46. The minimum Gasteiger partial charge on any atom is -0.305 e. The van der Waals surface area contributed by atoms with E-state index in [-0.39, 0.29) is 0 Å². The summed E-state index contributed by atoms with van der Waals surface area (Å²) in [5.41, 5.74) is 3.43. The third-order valence-corrected chi connectivity index (χ3v) is 4.53. The van der Waals surface area contributed by atoms with Crippen LogP contribution in [0.2, 0.25) is 0 Å². The van der Waals surface area contributed by atoms with Crippen molar-refractivity contribution in [3.05, 3.63) is 64.0 Å². The molecule has 3 heteroatoms. The van der Waals surface area contributed by atoms with Crippen LogP contribution in [0, 0.1) is 6.92 Å². The van der Waals surface area contributed by atoms with Crippen LogP contribution in [0.25, 0.3) is 10.9 Å². The molecule has 0 spiro atoms. The number of fused-ring (bicyclic) bond motifs is 1. The lowest BCUT2D eigenvalue weighted by molar-refractivity contribution is 0.583. The molecule has 0 saturated heterocycles. The van der Waals surface area contributed by atoms with E-state index in [4.69, 9.17) is 0 Å². The molecule has 1 aromatic carbocycles. The Morgan fingerprint density at radius 3 is 2.90 bits per heavy atom. The molecule has 0 radical (unpaired) electrons. The summed E-state index contributed by atoms with van der Waals surface area (Å²) < 4.78 is 0. The number of nitrogens with one attached hydrogen (secondary N) is 1. The van der Waals surface area contributed by atoms with Gasteiger partial charge in [-0.1, -0.05) is 18.2 Å². The Balaban J connectivity index is 1.73. The fourth-order valence-electron chi connectivity index (χ4n) is 2.30. The molecule has 0 bridgehead atoms. The fourth-order valence-corrected chi connectivity index (χ4v) is 3.05. The highest BCUT2D eigenvalue weighted by atomic mass is 32.1. The van der Waals surface area contributed by atoms with Gasteiger partial charge in [0.15, 0.2) is 0 Å². The van der Waals surface area contributed by atoms with Crippen LogP contribution < -0.4 is 5.32 Å². The van der Waals surface area contributed by atoms with Gasteiger partial charge in [-0.25, -0.2) is 0 Å². The van der Waals surface area contributed by atoms with Gasteiger partial charge in [-0.3, -0.25) is 4.98 Å². The molecule has 0 amide bonds. The first kappa shape index (κ1) is 13.3. The van der Waals surface area contributed by atoms with Crippen LogP contribution in [0.5, 0.6) is 0 Å². The fraction of sp³-hybridized carbons (Fsp3) is 0.235. The Hall–Kier alpha value is -1.71. The maximum Gasteiger partial charge on any atom is 0.0705 e. The van der Waals surface area contributed by atoms with E-state index in [1.165, 1.54) is 15.8 Å². The lowest BCUT2D eigenvalue weighted by Crippen LogP contribution is -2.17. The molecule has 0 unspecified atom stereocenters. The second-order valence-electron chi connectivity index (χ2n) is 5.10. The van der Waals surface area contributed by atoms with E-state index in [2.05, 4.69) is 65.1 Å². The van der Waals surface area contributed by atoms with Gasteiger partial charge < -0.3 is 5.32 Å². The van der Waals surface area contributed by atoms with Gasteiger partial charge in [-0.15, -0.1) is 11.3 Å². The summed E-state index contributed by atoms with van der Waals surface area (Å²) in [4.78, 5) is 5.91. The van der Waals surface area contributed by atoms with Gasteiger partial charge in [0.05, 0.1) is 5.52 Å². The normalized spacial score (nSPS) is 12.7. The van der Waals surface area contributed by atoms with Crippen molar-refractivity contribution < 1.29 is 0 Å². The van der Waals surface area contributed by atoms with Crippen LogP contribution in [-0.2, 0) is 6.54 Å². The standard InChI is InChI=1S/C17H18N2S/c1-12-5-7-15-10-14(6-8-16(15)19-12)11-18-13(2)17-4-3-9-20-17/h3-10,13,18H,11H2,1-2H3/t13-/m0/s1. The minimum atomic E-state index is 0.391. The maximum absolute atomic E-state index is 4.53. The molecule has 2 aromatic heterocycles. The number of benzene rings is 1. The zero-order chi connectivity index (χ0) is 13.9. The van der Waals surface area contributed by atoms with E-state index in [1.54, 1.807) is 11.3 Å². The molecule has 0 aliphatic rings. The molecular weight excluding hydrogens is 264 g/mol. The highest BCUT2D eigenvalue weighted by molar-refractivity contribution is 7.10. The summed E-state index contributed by atoms with van der Waals surface area (Å²) in [5, 5.41) is 6.90. The van der Waals surface area contributed by atoms with Gasteiger partial charge in [0.1, 0.15) is 0 Å². The van der Waals surface area contributed by atoms with Crippen LogP contribution in [-0.4, -0.2) is 4.98 Å². The molecular formula is C17H18N2S. The van der Waals surface area contributed by atoms with Crippen molar-refractivity contribution in [3.63, 3.8) is 0 Å². The number of rotatable bonds is 4. The zero-order valence-corrected chi connectivity index (χ0v) is 12.6. The van der Waals surface area contributed by atoms with Crippen molar-refractivity contribution in [1.82, 2.24) is 10.3 Å². The van der Waals surface area contributed by atoms with Crippen LogP contribution in [0.15, 0.2) is 47.8 Å². The average Bonchev–Trinajstić information content (AvgIpc) is 2.99. The number of thiophene rings is 1. The smallest absolute Gasteiger partial charge is 0.0705 e. The largest absolute Gasteiger partial charge is 0.305 e. The van der Waals surface area contributed by atoms with E-state index in [9.17, 15) is 0 Å². The van der Waals surface area contributed by atoms with Gasteiger partial charge >= 0.3 is 0 Å². The molecule has 2 nitrogen and oxygen atoms in total. The number of aromatic nitrogens is 1. The summed E-state index contributed by atoms with van der Waals surface area (Å²) in [6, 6.07) is 15.4. The second-order valence-corrected chi connectivity index (χ2v) is 6.08. The number of nitrogens with zero attached hydrogens (tertiary/aromatic N) is 1. The Morgan fingerprint density at radius 2 is 2.10 bits per heavy atom. The average molecular weight is 282 g/mol. The maximum atomic E-state index is 4.53. The van der Waals surface area contributed by atoms with Crippen molar-refractivity contribution in [2.45, 2.75) is 26.4 Å². The molecule has 3 aromatic rings. The molecule has 0 aliphatic heterocycles. The molecule has 2 heterocycles. The molecule has 0 aliphatic carbocycles. The topological polar surface area (TPSA) is 24.9 Å². The van der Waals surface area contributed by atoms with Crippen molar-refractivity contribution in [2.24, 2.45) is 0 Å². The summed E-state index contributed by atoms with van der Waals surface area (Å²) >= 11 is 1.80. The van der Waals surface area contributed by atoms with Crippen molar-refractivity contribution in [2.75, 3.05) is 0 Å². The molecule has 0 saturated carbocycles. The Morgan fingerprint density at radius 1 is 1.20 bits per heavy atom. The van der Waals surface area contributed by atoms with Gasteiger partial charge in [0, 0.05) is 28.5 Å². The minimum absolute atomic E-state index is 0.391. The summed E-state index contributed by atoms with van der Waals surface area (Å²) in [7, 11) is 0. The van der Waals surface area contributed by atoms with E-state index in [1.807, 2.05) is 6.92 Å². The highest BCUT2D eigenvalue weighted by Crippen LogP contribution is 2.19. The van der Waals surface area contributed by atoms with Gasteiger partial charge in [0.25, 0.3) is 0 Å². The van der Waals surface area contributed by atoms with Crippen LogP contribution in [0.1, 0.15) is 29.1 Å². The Bertz CT molecular complexity index is 704. The van der Waals surface area contributed by atoms with E-state index < -0.39 is 0 Å². The monoisotopic (exact) mass is 282 g/mol. The third-order valence-electron chi connectivity index (χ3n) is 3.48. The summed E-state index contributed by atoms with van der Waals surface area (Å²) in [6.07, 6.45) is 0. The van der Waals surface area contributed by atoms with Crippen LogP contribution in [0.4, 0.5) is 0 Å². The molecule has 102 valence electrons. The summed E-state index contributed by atoms with van der Waals surface area (Å²) in [6.45, 7) is 5.11. The van der Waals surface area contributed by atoms with Crippen molar-refractivity contribution in [1.29, 1.82) is 0 Å². The first-order valence-corrected chi connectivity index (χ1v) is 7.73. The van der Waals surface area contributed by atoms with Gasteiger partial charge in [0.2, 0.25) is 0 Å². The molecule has 20 heavy (non-hydrogen) atoms. The number of pyridine rings is 1. The second kappa shape index (κ2) is 5.73. The first-order valence-electron chi connectivity index (χ1n) is 6.85. The first-order chi connectivity index (χ1) is 9.72. The summed E-state index contributed by atoms with van der Waals surface area (Å²) in [5.74, 6) is 0. The zero-order valence-electron chi connectivity index (χ0n) is 11.8. The number of hydrogen-bond acceptors (Lipinski definition) is 3. The molecule has 1 N–H and O–H groups in total. The predicted molar refractivity (Wildman–Crippen MR) is 86.1 cm³/mol. The van der Waals surface area contributed by atoms with Gasteiger partial charge in [-0.2, -0.15) is 0 Å².